The van der Waals surface area contributed by atoms with Gasteiger partial charge in [0.1, 0.15) is 6.61 Å². The number of hydrogen-bond acceptors (Lipinski definition) is 12. The Morgan fingerprint density at radius 3 is 2.02 bits per heavy atom. The summed E-state index contributed by atoms with van der Waals surface area (Å²) in [7, 11) is 0. The quantitative estimate of drug-likeness (QED) is 0.0576. The van der Waals surface area contributed by atoms with Crippen LogP contribution in [0.4, 0.5) is 39.3 Å². The van der Waals surface area contributed by atoms with Crippen molar-refractivity contribution < 1.29 is 56.4 Å². The first-order chi connectivity index (χ1) is 26.4. The lowest BCUT2D eigenvalue weighted by Crippen LogP contribution is -2.40. The van der Waals surface area contributed by atoms with E-state index in [1.807, 2.05) is 6.92 Å². The van der Waals surface area contributed by atoms with Crippen LogP contribution in [0.15, 0.2) is 36.4 Å². The normalized spacial score (nSPS) is 11.6. The molecule has 1 aliphatic rings. The van der Waals surface area contributed by atoms with Crippen LogP contribution in [0.1, 0.15) is 69.9 Å². The molecule has 23 heteroatoms. The van der Waals surface area contributed by atoms with Crippen LogP contribution in [0.2, 0.25) is 0 Å². The second-order valence-corrected chi connectivity index (χ2v) is 12.4. The Morgan fingerprint density at radius 2 is 1.48 bits per heavy atom. The fraction of sp³-hybridized carbons (Fsp3) is 0.455. The third-order valence-corrected chi connectivity index (χ3v) is 7.44. The summed E-state index contributed by atoms with van der Waals surface area (Å²) in [6, 6.07) is 4.15. The first-order valence-corrected chi connectivity index (χ1v) is 17.9. The van der Waals surface area contributed by atoms with Gasteiger partial charge in [0, 0.05) is 49.5 Å². The molecule has 7 N–H and O–H groups in total. The maximum absolute atomic E-state index is 13.5. The first kappa shape index (κ1) is 47.9. The monoisotopic (exact) mass is 815 g/mol. The van der Waals surface area contributed by atoms with E-state index in [0.717, 1.165) is 23.5 Å². The Morgan fingerprint density at radius 1 is 0.893 bits per heavy atom. The van der Waals surface area contributed by atoms with E-state index in [4.69, 9.17) is 10.5 Å². The molecule has 1 aromatic carbocycles. The van der Waals surface area contributed by atoms with Crippen LogP contribution < -0.4 is 32.3 Å². The maximum Gasteiger partial charge on any atom is 0.434 e. The Bertz CT molecular complexity index is 1690. The van der Waals surface area contributed by atoms with Gasteiger partial charge in [-0.3, -0.25) is 44.3 Å². The van der Waals surface area contributed by atoms with Gasteiger partial charge in [0.05, 0.1) is 22.9 Å². The SMILES string of the molecule is CCC.CCCNC(N)=O.O=C(CCCCCN1C(=O)C=CC1=O)NCC(=O)NCC(=O)Nc1nc(C(F)(F)F)c(COC(=O)Nc2ccc([N+](=O)[O-])cc2)s1. The van der Waals surface area contributed by atoms with Crippen LogP contribution in [0.25, 0.3) is 0 Å². The number of alkyl halides is 3. The van der Waals surface area contributed by atoms with Crippen molar-refractivity contribution in [2.45, 2.75) is 72.1 Å². The molecule has 0 saturated heterocycles. The van der Waals surface area contributed by atoms with Crippen molar-refractivity contribution >= 4 is 69.5 Å². The summed E-state index contributed by atoms with van der Waals surface area (Å²) >= 11 is 0.383. The zero-order valence-corrected chi connectivity index (χ0v) is 31.6. The highest BCUT2D eigenvalue weighted by Crippen LogP contribution is 2.36. The molecule has 0 bridgehead atoms. The number of carbonyl (C=O) groups excluding carboxylic acids is 7. The number of anilines is 2. The fourth-order valence-electron chi connectivity index (χ4n) is 3.98. The molecule has 0 aliphatic carbocycles. The minimum Gasteiger partial charge on any atom is -0.444 e. The Labute approximate surface area is 323 Å². The number of ether oxygens (including phenoxy) is 1. The fourth-order valence-corrected chi connectivity index (χ4v) is 4.89. The van der Waals surface area contributed by atoms with Crippen LogP contribution in [-0.2, 0) is 41.5 Å². The smallest absolute Gasteiger partial charge is 0.434 e. The third kappa shape index (κ3) is 19.3. The van der Waals surface area contributed by atoms with E-state index in [9.17, 15) is 56.8 Å². The first-order valence-electron chi connectivity index (χ1n) is 17.1. The molecule has 8 amide bonds. The molecule has 0 radical (unpaired) electrons. The number of non-ortho nitro benzene ring substituents is 1. The van der Waals surface area contributed by atoms with Gasteiger partial charge in [0.15, 0.2) is 10.8 Å². The van der Waals surface area contributed by atoms with E-state index in [1.54, 1.807) is 0 Å². The van der Waals surface area contributed by atoms with E-state index < -0.39 is 76.3 Å². The number of nitro groups is 1. The van der Waals surface area contributed by atoms with E-state index in [1.165, 1.54) is 30.7 Å². The molecule has 0 saturated carbocycles. The number of amides is 8. The standard InChI is InChI=1S/C26H26F3N7O9S.C4H10N2O.C3H8/c27-26(28,29)23-17(14-45-25(42)32-15-5-7-16(8-6-15)36(43)44)46-24(34-23)33-20(39)13-31-19(38)12-30-18(37)4-2-1-3-11-35-21(40)9-10-22(35)41;1-2-3-6-4(5)7;1-3-2/h5-10H,1-4,11-14H2,(H,30,37)(H,31,38)(H,32,42)(H,33,34,39);2-3H2,1H3,(H3,5,6,7);3H2,1-2H3. The molecule has 3 rings (SSSR count). The summed E-state index contributed by atoms with van der Waals surface area (Å²) in [5, 5.41) is 21.5. The molecule has 308 valence electrons. The molecule has 0 unspecified atom stereocenters. The van der Waals surface area contributed by atoms with Gasteiger partial charge in [-0.15, -0.1) is 0 Å². The number of nitro benzene ring substituents is 1. The van der Waals surface area contributed by atoms with Gasteiger partial charge < -0.3 is 31.7 Å². The Balaban J connectivity index is 0.00000139. The largest absolute Gasteiger partial charge is 0.444 e. The molecule has 2 heterocycles. The number of benzene rings is 1. The molecule has 19 nitrogen and oxygen atoms in total. The number of unbranched alkanes of at least 4 members (excludes halogenated alkanes) is 2. The van der Waals surface area contributed by atoms with Gasteiger partial charge in [-0.05, 0) is 31.4 Å². The Hall–Kier alpha value is -6.13. The number of nitrogens with zero attached hydrogens (tertiary/aromatic N) is 3. The average molecular weight is 816 g/mol. The maximum atomic E-state index is 13.5. The van der Waals surface area contributed by atoms with Gasteiger partial charge >= 0.3 is 18.3 Å². The predicted molar refractivity (Wildman–Crippen MR) is 197 cm³/mol. The van der Waals surface area contributed by atoms with Gasteiger partial charge in [0.2, 0.25) is 17.7 Å². The van der Waals surface area contributed by atoms with E-state index in [0.29, 0.717) is 37.1 Å². The lowest BCUT2D eigenvalue weighted by molar-refractivity contribution is -0.384. The topological polar surface area (TPSA) is 274 Å². The highest BCUT2D eigenvalue weighted by Gasteiger charge is 2.38. The van der Waals surface area contributed by atoms with Crippen molar-refractivity contribution in [1.82, 2.24) is 25.8 Å². The minimum absolute atomic E-state index is 0.0737. The van der Waals surface area contributed by atoms with Gasteiger partial charge in [-0.2, -0.15) is 13.2 Å². The summed E-state index contributed by atoms with van der Waals surface area (Å²) < 4.78 is 45.3. The van der Waals surface area contributed by atoms with Crippen molar-refractivity contribution in [3.63, 3.8) is 0 Å². The highest BCUT2D eigenvalue weighted by atomic mass is 32.1. The second-order valence-electron chi connectivity index (χ2n) is 11.4. The number of primary amides is 1. The summed E-state index contributed by atoms with van der Waals surface area (Å²) in [4.78, 5) is 94.9. The molecule has 0 fully saturated rings. The number of aromatic nitrogens is 1. The molecular weight excluding hydrogens is 771 g/mol. The second kappa shape index (κ2) is 25.0. The van der Waals surface area contributed by atoms with Gasteiger partial charge in [-0.25, -0.2) is 14.6 Å². The van der Waals surface area contributed by atoms with Crippen LogP contribution in [-0.4, -0.2) is 82.6 Å². The minimum atomic E-state index is -4.96. The van der Waals surface area contributed by atoms with Gasteiger partial charge in [0.25, 0.3) is 17.5 Å². The number of urea groups is 1. The van der Waals surface area contributed by atoms with E-state index >= 15 is 0 Å². The van der Waals surface area contributed by atoms with Crippen molar-refractivity contribution in [3.05, 3.63) is 57.1 Å². The lowest BCUT2D eigenvalue weighted by atomic mass is 10.2. The predicted octanol–water partition coefficient (Wildman–Crippen LogP) is 3.96. The summed E-state index contributed by atoms with van der Waals surface area (Å²) in [5.74, 6) is -2.89. The number of nitrogens with one attached hydrogen (secondary N) is 5. The number of halogens is 3. The summed E-state index contributed by atoms with van der Waals surface area (Å²) in [5.41, 5.74) is 3.17. The van der Waals surface area contributed by atoms with E-state index in [-0.39, 0.29) is 36.2 Å². The zero-order valence-electron chi connectivity index (χ0n) is 30.8. The average Bonchev–Trinajstić information content (AvgIpc) is 3.70. The number of nitrogens with two attached hydrogens (primary N) is 1. The summed E-state index contributed by atoms with van der Waals surface area (Å²) in [6.45, 7) is 5.14. The molecule has 0 spiro atoms. The van der Waals surface area contributed by atoms with Crippen molar-refractivity contribution in [1.29, 1.82) is 0 Å². The van der Waals surface area contributed by atoms with Crippen molar-refractivity contribution in [2.75, 3.05) is 36.8 Å². The van der Waals surface area contributed by atoms with Crippen LogP contribution in [0.5, 0.6) is 0 Å². The highest BCUT2D eigenvalue weighted by molar-refractivity contribution is 7.15. The molecule has 1 aromatic heterocycles. The number of thiazole rings is 1. The summed E-state index contributed by atoms with van der Waals surface area (Å²) in [6.07, 6.45) is -0.00672. The molecular formula is C33H44F3N9O10S. The van der Waals surface area contributed by atoms with E-state index in [2.05, 4.69) is 45.4 Å². The molecule has 2 aromatic rings. The number of hydrogen-bond donors (Lipinski definition) is 6. The number of carbonyl (C=O) groups is 7. The molecule has 1 aliphatic heterocycles. The number of imide groups is 1. The zero-order chi connectivity index (χ0) is 42.3. The Kier molecular flexibility index (Phi) is 21.4. The van der Waals surface area contributed by atoms with Crippen molar-refractivity contribution in [3.8, 4) is 0 Å². The van der Waals surface area contributed by atoms with Crippen molar-refractivity contribution in [2.24, 2.45) is 5.73 Å². The van der Waals surface area contributed by atoms with Crippen LogP contribution >= 0.6 is 11.3 Å². The van der Waals surface area contributed by atoms with Gasteiger partial charge in [-0.1, -0.05) is 44.9 Å². The number of rotatable bonds is 17. The van der Waals surface area contributed by atoms with Crippen LogP contribution in [0.3, 0.4) is 0 Å². The molecule has 56 heavy (non-hydrogen) atoms. The lowest BCUT2D eigenvalue weighted by Gasteiger charge is -2.13. The van der Waals surface area contributed by atoms with Crippen LogP contribution in [0, 0.1) is 10.1 Å². The third-order valence-electron chi connectivity index (χ3n) is 6.50. The molecule has 0 atom stereocenters.